The number of rotatable bonds is 6. The number of piperidine rings is 1. The monoisotopic (exact) mass is 509 g/mol. The molecular formula is C29H31N7O2. The highest BCUT2D eigenvalue weighted by molar-refractivity contribution is 5.92. The molecule has 4 aromatic heterocycles. The number of ether oxygens (including phenoxy) is 2. The summed E-state index contributed by atoms with van der Waals surface area (Å²) < 4.78 is 10.6. The highest BCUT2D eigenvalue weighted by atomic mass is 16.5. The lowest BCUT2D eigenvalue weighted by molar-refractivity contribution is 0.345. The molecule has 0 radical (unpaired) electrons. The van der Waals surface area contributed by atoms with Crippen LogP contribution >= 0.6 is 0 Å². The molecule has 0 unspecified atom stereocenters. The fourth-order valence-corrected chi connectivity index (χ4v) is 5.25. The molecule has 0 spiro atoms. The van der Waals surface area contributed by atoms with Crippen molar-refractivity contribution in [3.8, 4) is 34.1 Å². The van der Waals surface area contributed by atoms with Gasteiger partial charge in [0.05, 0.1) is 25.3 Å². The molecule has 0 bridgehead atoms. The van der Waals surface area contributed by atoms with Crippen LogP contribution in [0.1, 0.15) is 31.3 Å². The Bertz CT molecular complexity index is 1580. The number of benzene rings is 1. The molecule has 2 N–H and O–H groups in total. The molecule has 0 aliphatic carbocycles. The number of imidazole rings is 1. The fourth-order valence-electron chi connectivity index (χ4n) is 5.25. The second-order valence-corrected chi connectivity index (χ2v) is 10.1. The first kappa shape index (κ1) is 24.0. The highest BCUT2D eigenvalue weighted by Crippen LogP contribution is 2.38. The number of nitrogens with one attached hydrogen (secondary N) is 2. The average molecular weight is 510 g/mol. The van der Waals surface area contributed by atoms with E-state index >= 15 is 0 Å². The molecule has 5 heterocycles. The van der Waals surface area contributed by atoms with Crippen LogP contribution in [0, 0.1) is 6.92 Å². The predicted molar refractivity (Wildman–Crippen MR) is 148 cm³/mol. The van der Waals surface area contributed by atoms with Crippen LogP contribution in [-0.4, -0.2) is 57.2 Å². The summed E-state index contributed by atoms with van der Waals surface area (Å²) in [6.07, 6.45) is 5.31. The molecule has 1 aromatic carbocycles. The maximum Gasteiger partial charge on any atom is 0.213 e. The van der Waals surface area contributed by atoms with Crippen molar-refractivity contribution in [1.82, 2.24) is 29.9 Å². The molecule has 0 amide bonds. The Kier molecular flexibility index (Phi) is 5.98. The Morgan fingerprint density at radius 2 is 1.68 bits per heavy atom. The number of aromatic amines is 2. The maximum absolute atomic E-state index is 5.31. The summed E-state index contributed by atoms with van der Waals surface area (Å²) in [5, 5.41) is 1.01. The number of aryl methyl sites for hydroxylation is 1. The van der Waals surface area contributed by atoms with Gasteiger partial charge in [-0.25, -0.2) is 19.9 Å². The minimum absolute atomic E-state index is 0.0466. The van der Waals surface area contributed by atoms with E-state index in [0.29, 0.717) is 5.88 Å². The van der Waals surface area contributed by atoms with Crippen LogP contribution in [0.25, 0.3) is 33.5 Å². The number of methoxy groups -OCH3 is 2. The van der Waals surface area contributed by atoms with Crippen LogP contribution in [-0.2, 0) is 5.41 Å². The number of aromatic nitrogens is 6. The SMILES string of the molecule is COc1ccc(-c2nc(C3(C)CCN(c4ncnc5[nH]c(-c6ccnc(OC)c6)cc45)CC3)[nH]c2C)cc1. The summed E-state index contributed by atoms with van der Waals surface area (Å²) in [5.41, 5.74) is 5.89. The third kappa shape index (κ3) is 4.23. The Hall–Kier alpha value is -4.40. The van der Waals surface area contributed by atoms with E-state index in [1.54, 1.807) is 26.7 Å². The van der Waals surface area contributed by atoms with Gasteiger partial charge in [0, 0.05) is 53.3 Å². The molecule has 1 aliphatic rings. The normalized spacial score (nSPS) is 15.1. The van der Waals surface area contributed by atoms with Gasteiger partial charge >= 0.3 is 0 Å². The summed E-state index contributed by atoms with van der Waals surface area (Å²) in [6, 6.07) is 14.1. The first-order valence-electron chi connectivity index (χ1n) is 12.8. The van der Waals surface area contributed by atoms with Crippen molar-refractivity contribution in [3.63, 3.8) is 0 Å². The maximum atomic E-state index is 5.31. The summed E-state index contributed by atoms with van der Waals surface area (Å²) in [4.78, 5) is 27.8. The fraction of sp³-hybridized carbons (Fsp3) is 0.310. The summed E-state index contributed by atoms with van der Waals surface area (Å²) in [5.74, 6) is 3.42. The zero-order valence-electron chi connectivity index (χ0n) is 22.1. The standard InChI is InChI=1S/C29H31N7O2/c1-18-25(19-5-7-21(37-3)8-6-19)35-28(33-18)29(2)10-13-36(14-11-29)27-22-16-23(34-26(22)31-17-32-27)20-9-12-30-24(15-20)38-4/h5-9,12,15-17H,10-11,13-14H2,1-4H3,(H,33,35)(H,31,32,34). The minimum Gasteiger partial charge on any atom is -0.497 e. The molecular weight excluding hydrogens is 478 g/mol. The van der Waals surface area contributed by atoms with Gasteiger partial charge in [-0.15, -0.1) is 0 Å². The van der Waals surface area contributed by atoms with Crippen molar-refractivity contribution in [2.45, 2.75) is 32.1 Å². The molecule has 0 atom stereocenters. The largest absolute Gasteiger partial charge is 0.497 e. The number of hydrogen-bond acceptors (Lipinski definition) is 7. The van der Waals surface area contributed by atoms with Crippen molar-refractivity contribution in [1.29, 1.82) is 0 Å². The van der Waals surface area contributed by atoms with Gasteiger partial charge in [-0.05, 0) is 56.2 Å². The van der Waals surface area contributed by atoms with E-state index in [4.69, 9.17) is 14.5 Å². The zero-order chi connectivity index (χ0) is 26.3. The molecule has 0 saturated carbocycles. The molecule has 9 heteroatoms. The van der Waals surface area contributed by atoms with Crippen LogP contribution in [0.3, 0.4) is 0 Å². The van der Waals surface area contributed by atoms with E-state index in [-0.39, 0.29) is 5.41 Å². The number of H-pyrrole nitrogens is 2. The van der Waals surface area contributed by atoms with Gasteiger partial charge in [0.1, 0.15) is 29.4 Å². The number of fused-ring (bicyclic) bond motifs is 1. The van der Waals surface area contributed by atoms with Crippen molar-refractivity contribution in [3.05, 3.63) is 66.5 Å². The van der Waals surface area contributed by atoms with Crippen molar-refractivity contribution in [2.75, 3.05) is 32.2 Å². The summed E-state index contributed by atoms with van der Waals surface area (Å²) >= 11 is 0. The van der Waals surface area contributed by atoms with Gasteiger partial charge < -0.3 is 24.3 Å². The average Bonchev–Trinajstić information content (AvgIpc) is 3.58. The van der Waals surface area contributed by atoms with Gasteiger partial charge in [0.2, 0.25) is 5.88 Å². The molecule has 194 valence electrons. The van der Waals surface area contributed by atoms with Gasteiger partial charge in [0.15, 0.2) is 0 Å². The Morgan fingerprint density at radius 3 is 2.42 bits per heavy atom. The highest BCUT2D eigenvalue weighted by Gasteiger charge is 2.36. The van der Waals surface area contributed by atoms with Crippen LogP contribution < -0.4 is 14.4 Å². The lowest BCUT2D eigenvalue weighted by Gasteiger charge is -2.38. The van der Waals surface area contributed by atoms with E-state index in [1.165, 1.54) is 0 Å². The predicted octanol–water partition coefficient (Wildman–Crippen LogP) is 5.29. The number of anilines is 1. The molecule has 6 rings (SSSR count). The number of nitrogens with zero attached hydrogens (tertiary/aromatic N) is 5. The van der Waals surface area contributed by atoms with Crippen LogP contribution in [0.4, 0.5) is 5.82 Å². The van der Waals surface area contributed by atoms with E-state index in [1.807, 2.05) is 24.3 Å². The van der Waals surface area contributed by atoms with Crippen LogP contribution in [0.15, 0.2) is 55.0 Å². The molecule has 1 saturated heterocycles. The molecule has 1 fully saturated rings. The third-order valence-corrected chi connectivity index (χ3v) is 7.65. The second kappa shape index (κ2) is 9.48. The van der Waals surface area contributed by atoms with Crippen molar-refractivity contribution >= 4 is 16.9 Å². The van der Waals surface area contributed by atoms with Gasteiger partial charge in [-0.1, -0.05) is 6.92 Å². The van der Waals surface area contributed by atoms with Crippen LogP contribution in [0.5, 0.6) is 11.6 Å². The second-order valence-electron chi connectivity index (χ2n) is 10.1. The first-order valence-corrected chi connectivity index (χ1v) is 12.8. The van der Waals surface area contributed by atoms with E-state index in [0.717, 1.165) is 82.6 Å². The zero-order valence-corrected chi connectivity index (χ0v) is 22.1. The quantitative estimate of drug-likeness (QED) is 0.320. The van der Waals surface area contributed by atoms with E-state index in [9.17, 15) is 0 Å². The Balaban J connectivity index is 1.23. The third-order valence-electron chi connectivity index (χ3n) is 7.65. The smallest absolute Gasteiger partial charge is 0.213 e. The topological polar surface area (TPSA) is 105 Å². The Labute approximate surface area is 221 Å². The van der Waals surface area contributed by atoms with Gasteiger partial charge in [-0.3, -0.25) is 0 Å². The van der Waals surface area contributed by atoms with Crippen molar-refractivity contribution < 1.29 is 9.47 Å². The molecule has 38 heavy (non-hydrogen) atoms. The number of pyridine rings is 1. The number of hydrogen-bond donors (Lipinski definition) is 2. The van der Waals surface area contributed by atoms with E-state index in [2.05, 4.69) is 61.9 Å². The molecule has 1 aliphatic heterocycles. The minimum atomic E-state index is -0.0466. The van der Waals surface area contributed by atoms with Gasteiger partial charge in [0.25, 0.3) is 0 Å². The molecule has 5 aromatic rings. The lowest BCUT2D eigenvalue weighted by atomic mass is 9.79. The van der Waals surface area contributed by atoms with Crippen molar-refractivity contribution in [2.24, 2.45) is 0 Å². The van der Waals surface area contributed by atoms with Gasteiger partial charge in [-0.2, -0.15) is 0 Å². The first-order chi connectivity index (χ1) is 18.5. The summed E-state index contributed by atoms with van der Waals surface area (Å²) in [7, 11) is 3.30. The molecule has 9 nitrogen and oxygen atoms in total. The van der Waals surface area contributed by atoms with E-state index < -0.39 is 0 Å². The Morgan fingerprint density at radius 1 is 0.895 bits per heavy atom. The summed E-state index contributed by atoms with van der Waals surface area (Å²) in [6.45, 7) is 6.16. The lowest BCUT2D eigenvalue weighted by Crippen LogP contribution is -2.42. The van der Waals surface area contributed by atoms with Crippen LogP contribution in [0.2, 0.25) is 0 Å².